The lowest BCUT2D eigenvalue weighted by molar-refractivity contribution is -0.939. The van der Waals surface area contributed by atoms with Gasteiger partial charge in [-0.05, 0) is 41.1 Å². The summed E-state index contributed by atoms with van der Waals surface area (Å²) in [5.41, 5.74) is 0.759. The maximum Gasteiger partial charge on any atom is 0.307 e. The molecule has 182 valence electrons. The Bertz CT molecular complexity index is 1190. The van der Waals surface area contributed by atoms with Gasteiger partial charge in [0.05, 0.1) is 30.9 Å². The maximum atomic E-state index is 14.6. The fourth-order valence-corrected chi connectivity index (χ4v) is 6.40. The molecule has 1 aromatic heterocycles. The molecule has 2 aromatic carbocycles. The number of piperidine rings is 3. The van der Waals surface area contributed by atoms with Crippen molar-refractivity contribution >= 4 is 23.1 Å². The van der Waals surface area contributed by atoms with Gasteiger partial charge in [0.15, 0.2) is 6.10 Å². The highest BCUT2D eigenvalue weighted by Gasteiger charge is 2.47. The number of fused-ring (bicyclic) bond motifs is 3. The predicted molar refractivity (Wildman–Crippen MR) is 130 cm³/mol. The van der Waals surface area contributed by atoms with Crippen LogP contribution in [0, 0.1) is 23.5 Å². The zero-order valence-corrected chi connectivity index (χ0v) is 20.2. The standard InChI is InChI=1S/C28H28F2NO3S/c29-22-9-7-20(8-10-22)28(23-4-1-2-5-24(23)30)34-27(33)16-21-17-31(13-11-19(21)12-14-31)18-25(32)26-6-3-15-35-26/h1-10,15,19,21,28H,11-14,16-18H2/q+1/t19?,21-,28?,31?/m0/s1. The number of thiophene rings is 1. The summed E-state index contributed by atoms with van der Waals surface area (Å²) in [5.74, 6) is -0.575. The molecule has 6 rings (SSSR count). The van der Waals surface area contributed by atoms with E-state index in [-0.39, 0.29) is 23.7 Å². The Kier molecular flexibility index (Phi) is 6.80. The van der Waals surface area contributed by atoms with Crippen molar-refractivity contribution in [1.82, 2.24) is 0 Å². The fraction of sp³-hybridized carbons (Fsp3) is 0.357. The highest BCUT2D eigenvalue weighted by Crippen LogP contribution is 2.40. The molecule has 0 N–H and O–H groups in total. The van der Waals surface area contributed by atoms with Gasteiger partial charge in [0, 0.05) is 24.3 Å². The van der Waals surface area contributed by atoms with Crippen LogP contribution in [0.4, 0.5) is 8.78 Å². The summed E-state index contributed by atoms with van der Waals surface area (Å²) in [6, 6.07) is 15.5. The number of Topliss-reactive ketones (excluding diaryl/α,β-unsaturated/α-hetero) is 1. The third-order valence-corrected chi connectivity index (χ3v) is 8.46. The van der Waals surface area contributed by atoms with Gasteiger partial charge in [0.1, 0.15) is 18.2 Å². The third-order valence-electron chi connectivity index (χ3n) is 7.55. The van der Waals surface area contributed by atoms with E-state index in [0.717, 1.165) is 41.8 Å². The molecule has 2 atom stereocenters. The molecule has 35 heavy (non-hydrogen) atoms. The highest BCUT2D eigenvalue weighted by atomic mass is 32.1. The third kappa shape index (κ3) is 5.21. The molecule has 0 saturated carbocycles. The number of rotatable bonds is 8. The van der Waals surface area contributed by atoms with Crippen LogP contribution in [0.2, 0.25) is 0 Å². The number of carbonyl (C=O) groups is 2. The molecular formula is C28H28F2NO3S+. The molecule has 0 amide bonds. The molecule has 3 fully saturated rings. The summed E-state index contributed by atoms with van der Waals surface area (Å²) in [6.45, 7) is 3.16. The first-order valence-corrected chi connectivity index (χ1v) is 12.9. The number of hydrogen-bond donors (Lipinski definition) is 0. The van der Waals surface area contributed by atoms with Crippen LogP contribution >= 0.6 is 11.3 Å². The number of esters is 1. The highest BCUT2D eigenvalue weighted by molar-refractivity contribution is 7.12. The average molecular weight is 497 g/mol. The number of hydrogen-bond acceptors (Lipinski definition) is 4. The Morgan fingerprint density at radius 2 is 1.74 bits per heavy atom. The minimum Gasteiger partial charge on any atom is -0.452 e. The summed E-state index contributed by atoms with van der Waals surface area (Å²) < 4.78 is 34.7. The van der Waals surface area contributed by atoms with E-state index in [4.69, 9.17) is 4.74 Å². The lowest BCUT2D eigenvalue weighted by Gasteiger charge is -2.52. The molecule has 1 unspecified atom stereocenters. The number of nitrogens with zero attached hydrogens (tertiary/aromatic N) is 1. The second kappa shape index (κ2) is 9.99. The monoisotopic (exact) mass is 496 g/mol. The summed E-state index contributed by atoms with van der Waals surface area (Å²) in [4.78, 5) is 26.8. The van der Waals surface area contributed by atoms with Gasteiger partial charge >= 0.3 is 5.97 Å². The molecule has 0 aliphatic carbocycles. The topological polar surface area (TPSA) is 43.4 Å². The van der Waals surface area contributed by atoms with Crippen molar-refractivity contribution in [2.75, 3.05) is 26.2 Å². The largest absolute Gasteiger partial charge is 0.452 e. The number of halogens is 2. The van der Waals surface area contributed by atoms with E-state index in [1.54, 1.807) is 18.2 Å². The second-order valence-electron chi connectivity index (χ2n) is 9.77. The number of ether oxygens (including phenoxy) is 1. The van der Waals surface area contributed by atoms with Crippen molar-refractivity contribution in [3.05, 3.63) is 93.7 Å². The first-order chi connectivity index (χ1) is 16.9. The SMILES string of the molecule is O=C(C[C@H]1C[N+]2(CC(=O)c3cccs3)CCC1CC2)OC(c1ccc(F)cc1)c1ccccc1F. The van der Waals surface area contributed by atoms with E-state index in [2.05, 4.69) is 0 Å². The van der Waals surface area contributed by atoms with Gasteiger partial charge in [-0.2, -0.15) is 0 Å². The van der Waals surface area contributed by atoms with E-state index in [1.807, 2.05) is 17.5 Å². The smallest absolute Gasteiger partial charge is 0.307 e. The van der Waals surface area contributed by atoms with Crippen LogP contribution in [0.1, 0.15) is 46.2 Å². The summed E-state index contributed by atoms with van der Waals surface area (Å²) in [7, 11) is 0. The molecule has 4 heterocycles. The van der Waals surface area contributed by atoms with Crippen LogP contribution in [-0.4, -0.2) is 42.4 Å². The minimum atomic E-state index is -0.950. The lowest BCUT2D eigenvalue weighted by atomic mass is 9.75. The van der Waals surface area contributed by atoms with Gasteiger partial charge in [-0.3, -0.25) is 9.59 Å². The predicted octanol–water partition coefficient (Wildman–Crippen LogP) is 5.79. The van der Waals surface area contributed by atoms with Crippen LogP contribution in [0.3, 0.4) is 0 Å². The summed E-state index contributed by atoms with van der Waals surface area (Å²) in [6.07, 6.45) is 1.26. The average Bonchev–Trinajstić information content (AvgIpc) is 3.40. The van der Waals surface area contributed by atoms with Crippen LogP contribution in [-0.2, 0) is 9.53 Å². The quantitative estimate of drug-likeness (QED) is 0.225. The normalized spacial score (nSPS) is 24.2. The number of carbonyl (C=O) groups excluding carboxylic acids is 2. The van der Waals surface area contributed by atoms with Gasteiger partial charge in [-0.25, -0.2) is 8.78 Å². The molecule has 7 heteroatoms. The van der Waals surface area contributed by atoms with Gasteiger partial charge in [-0.1, -0.05) is 36.4 Å². The Morgan fingerprint density at radius 1 is 1.00 bits per heavy atom. The molecule has 0 radical (unpaired) electrons. The van der Waals surface area contributed by atoms with Crippen molar-refractivity contribution in [1.29, 1.82) is 0 Å². The van der Waals surface area contributed by atoms with Crippen molar-refractivity contribution < 1.29 is 27.6 Å². The molecule has 3 aliphatic heterocycles. The zero-order valence-electron chi connectivity index (χ0n) is 19.4. The molecule has 3 aliphatic rings. The second-order valence-corrected chi connectivity index (χ2v) is 10.7. The number of ketones is 1. The van der Waals surface area contributed by atoms with Crippen LogP contribution in [0.15, 0.2) is 66.0 Å². The Balaban J connectivity index is 1.30. The summed E-state index contributed by atoms with van der Waals surface area (Å²) in [5, 5.41) is 1.92. The minimum absolute atomic E-state index is 0.121. The first kappa shape index (κ1) is 23.8. The van der Waals surface area contributed by atoms with E-state index in [9.17, 15) is 18.4 Å². The zero-order chi connectivity index (χ0) is 24.4. The first-order valence-electron chi connectivity index (χ1n) is 12.0. The number of benzene rings is 2. The van der Waals surface area contributed by atoms with Gasteiger partial charge < -0.3 is 9.22 Å². The van der Waals surface area contributed by atoms with E-state index in [1.165, 1.54) is 41.7 Å². The van der Waals surface area contributed by atoms with E-state index >= 15 is 0 Å². The molecule has 3 aromatic rings. The van der Waals surface area contributed by atoms with Crippen molar-refractivity contribution in [2.45, 2.75) is 25.4 Å². The molecule has 4 nitrogen and oxygen atoms in total. The molecule has 0 spiro atoms. The van der Waals surface area contributed by atoms with Crippen molar-refractivity contribution in [3.63, 3.8) is 0 Å². The Morgan fingerprint density at radius 3 is 2.43 bits per heavy atom. The van der Waals surface area contributed by atoms with Gasteiger partial charge in [0.2, 0.25) is 5.78 Å². The molecule has 3 saturated heterocycles. The van der Waals surface area contributed by atoms with Gasteiger partial charge in [0.25, 0.3) is 0 Å². The van der Waals surface area contributed by atoms with Gasteiger partial charge in [-0.15, -0.1) is 11.3 Å². The number of quaternary nitrogens is 1. The van der Waals surface area contributed by atoms with Crippen LogP contribution < -0.4 is 0 Å². The van der Waals surface area contributed by atoms with Crippen LogP contribution in [0.5, 0.6) is 0 Å². The maximum absolute atomic E-state index is 14.6. The molecular weight excluding hydrogens is 468 g/mol. The van der Waals surface area contributed by atoms with E-state index < -0.39 is 23.7 Å². The van der Waals surface area contributed by atoms with Crippen molar-refractivity contribution in [2.24, 2.45) is 11.8 Å². The van der Waals surface area contributed by atoms with Crippen LogP contribution in [0.25, 0.3) is 0 Å². The van der Waals surface area contributed by atoms with Crippen molar-refractivity contribution in [3.8, 4) is 0 Å². The lowest BCUT2D eigenvalue weighted by Crippen LogP contribution is -2.63. The fourth-order valence-electron chi connectivity index (χ4n) is 5.74. The summed E-state index contributed by atoms with van der Waals surface area (Å²) >= 11 is 1.47. The Hall–Kier alpha value is -2.90. The molecule has 2 bridgehead atoms. The van der Waals surface area contributed by atoms with E-state index in [0.29, 0.717) is 18.0 Å². The Labute approximate surface area is 207 Å².